The molecular formula is C15H15F7O. The van der Waals surface area contributed by atoms with Gasteiger partial charge in [-0.2, -0.15) is 0 Å². The lowest BCUT2D eigenvalue weighted by Gasteiger charge is -2.24. The van der Waals surface area contributed by atoms with Crippen LogP contribution < -0.4 is 0 Å². The van der Waals surface area contributed by atoms with Gasteiger partial charge in [-0.15, -0.1) is 0 Å². The molecular weight excluding hydrogens is 329 g/mol. The number of alkyl halides is 2. The first-order valence-corrected chi connectivity index (χ1v) is 7.05. The maximum Gasteiger partial charge on any atom is 0.288 e. The molecule has 0 bridgehead atoms. The molecule has 1 nitrogen and oxygen atoms in total. The topological polar surface area (TPSA) is 17.1 Å². The lowest BCUT2D eigenvalue weighted by molar-refractivity contribution is -0.128. The fraction of sp³-hybridized carbons (Fsp3) is 0.533. The highest BCUT2D eigenvalue weighted by molar-refractivity contribution is 5.56. The van der Waals surface area contributed by atoms with Crippen molar-refractivity contribution in [3.8, 4) is 0 Å². The second kappa shape index (κ2) is 7.79. The molecule has 1 aromatic carbocycles. The van der Waals surface area contributed by atoms with E-state index in [2.05, 4.69) is 0 Å². The van der Waals surface area contributed by atoms with Crippen LogP contribution in [-0.2, 0) is 10.7 Å². The van der Waals surface area contributed by atoms with E-state index in [1.165, 1.54) is 0 Å². The Morgan fingerprint density at radius 1 is 0.870 bits per heavy atom. The van der Waals surface area contributed by atoms with Crippen molar-refractivity contribution in [1.82, 2.24) is 0 Å². The maximum atomic E-state index is 14.2. The Labute approximate surface area is 128 Å². The van der Waals surface area contributed by atoms with Gasteiger partial charge in [-0.05, 0) is 6.42 Å². The molecule has 0 N–H and O–H groups in total. The number of benzene rings is 1. The van der Waals surface area contributed by atoms with Crippen molar-refractivity contribution in [2.24, 2.45) is 5.92 Å². The second-order valence-corrected chi connectivity index (χ2v) is 5.16. The first-order valence-electron chi connectivity index (χ1n) is 7.05. The third-order valence-electron chi connectivity index (χ3n) is 3.54. The van der Waals surface area contributed by atoms with Crippen molar-refractivity contribution in [2.75, 3.05) is 0 Å². The summed E-state index contributed by atoms with van der Waals surface area (Å²) in [5, 5.41) is 0. The summed E-state index contributed by atoms with van der Waals surface area (Å²) in [6.45, 7) is 1.86. The van der Waals surface area contributed by atoms with Crippen molar-refractivity contribution in [1.29, 1.82) is 0 Å². The van der Waals surface area contributed by atoms with Crippen molar-refractivity contribution in [2.45, 2.75) is 45.0 Å². The van der Waals surface area contributed by atoms with Crippen molar-refractivity contribution >= 4 is 6.29 Å². The van der Waals surface area contributed by atoms with Crippen LogP contribution in [0.3, 0.4) is 0 Å². The highest BCUT2D eigenvalue weighted by Gasteiger charge is 2.48. The Bertz CT molecular complexity index is 542. The van der Waals surface area contributed by atoms with E-state index in [1.54, 1.807) is 0 Å². The molecule has 0 amide bonds. The predicted molar refractivity (Wildman–Crippen MR) is 68.4 cm³/mol. The number of unbranched alkanes of at least 4 members (excludes halogenated alkanes) is 3. The van der Waals surface area contributed by atoms with Crippen molar-refractivity contribution in [3.63, 3.8) is 0 Å². The largest absolute Gasteiger partial charge is 0.303 e. The van der Waals surface area contributed by atoms with Gasteiger partial charge in [0.05, 0.1) is 11.5 Å². The zero-order valence-electron chi connectivity index (χ0n) is 12.2. The lowest BCUT2D eigenvalue weighted by atomic mass is 9.90. The van der Waals surface area contributed by atoms with Crippen LogP contribution in [0, 0.1) is 35.0 Å². The molecule has 23 heavy (non-hydrogen) atoms. The van der Waals surface area contributed by atoms with Gasteiger partial charge in [0.2, 0.25) is 5.82 Å². The summed E-state index contributed by atoms with van der Waals surface area (Å²) in [5.41, 5.74) is -2.26. The van der Waals surface area contributed by atoms with Gasteiger partial charge in [0, 0.05) is 0 Å². The van der Waals surface area contributed by atoms with Gasteiger partial charge in [0.1, 0.15) is 6.29 Å². The molecule has 1 aromatic rings. The van der Waals surface area contributed by atoms with E-state index in [1.807, 2.05) is 6.92 Å². The van der Waals surface area contributed by atoms with Crippen LogP contribution >= 0.6 is 0 Å². The lowest BCUT2D eigenvalue weighted by Crippen LogP contribution is -2.31. The standard InChI is InChI=1S/C15H15F7O/c1-2-3-4-5-6-8(7-23)15(21,22)9-10(16)12(18)14(20)13(19)11(9)17/h7-8H,2-6H2,1H3/t8-/m0/s1. The van der Waals surface area contributed by atoms with E-state index in [4.69, 9.17) is 0 Å². The second-order valence-electron chi connectivity index (χ2n) is 5.16. The maximum absolute atomic E-state index is 14.2. The summed E-state index contributed by atoms with van der Waals surface area (Å²) in [6, 6.07) is 0. The highest BCUT2D eigenvalue weighted by Crippen LogP contribution is 2.42. The quantitative estimate of drug-likeness (QED) is 0.207. The molecule has 0 aliphatic heterocycles. The Morgan fingerprint density at radius 2 is 1.35 bits per heavy atom. The summed E-state index contributed by atoms with van der Waals surface area (Å²) < 4.78 is 94.4. The van der Waals surface area contributed by atoms with Crippen LogP contribution in [0.1, 0.15) is 44.6 Å². The van der Waals surface area contributed by atoms with E-state index in [9.17, 15) is 35.5 Å². The zero-order valence-corrected chi connectivity index (χ0v) is 12.2. The Balaban J connectivity index is 3.23. The van der Waals surface area contributed by atoms with Crippen LogP contribution in [0.2, 0.25) is 0 Å². The number of carbonyl (C=O) groups is 1. The average molecular weight is 344 g/mol. The van der Waals surface area contributed by atoms with E-state index < -0.39 is 52.9 Å². The molecule has 1 rings (SSSR count). The Kier molecular flexibility index (Phi) is 6.58. The molecule has 0 aliphatic carbocycles. The van der Waals surface area contributed by atoms with Crippen LogP contribution in [-0.4, -0.2) is 6.29 Å². The van der Waals surface area contributed by atoms with E-state index >= 15 is 0 Å². The summed E-state index contributed by atoms with van der Waals surface area (Å²) in [5.74, 6) is -19.4. The average Bonchev–Trinajstić information content (AvgIpc) is 2.50. The minimum atomic E-state index is -4.50. The molecule has 0 spiro atoms. The third kappa shape index (κ3) is 3.84. The molecule has 0 saturated carbocycles. The fourth-order valence-corrected chi connectivity index (χ4v) is 2.21. The van der Waals surface area contributed by atoms with E-state index in [0.717, 1.165) is 6.42 Å². The van der Waals surface area contributed by atoms with Crippen molar-refractivity contribution < 1.29 is 35.5 Å². The monoisotopic (exact) mass is 344 g/mol. The number of halogens is 7. The van der Waals surface area contributed by atoms with E-state index in [-0.39, 0.29) is 12.7 Å². The van der Waals surface area contributed by atoms with Gasteiger partial charge in [0.25, 0.3) is 5.92 Å². The van der Waals surface area contributed by atoms with Crippen LogP contribution in [0.4, 0.5) is 30.7 Å². The van der Waals surface area contributed by atoms with Crippen LogP contribution in [0.25, 0.3) is 0 Å². The molecule has 8 heteroatoms. The fourth-order valence-electron chi connectivity index (χ4n) is 2.21. The number of aldehydes is 1. The Hall–Kier alpha value is -1.60. The SMILES string of the molecule is CCCCCC[C@@H](C=O)C(F)(F)c1c(F)c(F)c(F)c(F)c1F. The smallest absolute Gasteiger partial charge is 0.288 e. The molecule has 0 aliphatic rings. The first-order chi connectivity index (χ1) is 10.7. The summed E-state index contributed by atoms with van der Waals surface area (Å²) in [6.07, 6.45) is 1.54. The van der Waals surface area contributed by atoms with Crippen LogP contribution in [0.5, 0.6) is 0 Å². The van der Waals surface area contributed by atoms with Gasteiger partial charge in [-0.1, -0.05) is 32.6 Å². The third-order valence-corrected chi connectivity index (χ3v) is 3.54. The van der Waals surface area contributed by atoms with Gasteiger partial charge in [-0.25, -0.2) is 30.7 Å². The normalized spacial score (nSPS) is 13.2. The van der Waals surface area contributed by atoms with Crippen molar-refractivity contribution in [3.05, 3.63) is 34.6 Å². The van der Waals surface area contributed by atoms with Gasteiger partial charge in [-0.3, -0.25) is 0 Å². The highest BCUT2D eigenvalue weighted by atomic mass is 19.3. The summed E-state index contributed by atoms with van der Waals surface area (Å²) >= 11 is 0. The molecule has 0 fully saturated rings. The molecule has 0 unspecified atom stereocenters. The minimum Gasteiger partial charge on any atom is -0.303 e. The molecule has 0 heterocycles. The predicted octanol–water partition coefficient (Wildman–Crippen LogP) is 5.26. The first kappa shape index (κ1) is 19.4. The van der Waals surface area contributed by atoms with Crippen LogP contribution in [0.15, 0.2) is 0 Å². The molecule has 130 valence electrons. The van der Waals surface area contributed by atoms with Gasteiger partial charge >= 0.3 is 0 Å². The Morgan fingerprint density at radius 3 is 1.78 bits per heavy atom. The zero-order chi connectivity index (χ0) is 17.8. The summed E-state index contributed by atoms with van der Waals surface area (Å²) in [4.78, 5) is 10.9. The van der Waals surface area contributed by atoms with E-state index in [0.29, 0.717) is 12.8 Å². The number of carbonyl (C=O) groups excluding carboxylic acids is 1. The minimum absolute atomic E-state index is 0.169. The molecule has 0 saturated heterocycles. The summed E-state index contributed by atoms with van der Waals surface area (Å²) in [7, 11) is 0. The number of hydrogen-bond acceptors (Lipinski definition) is 1. The number of rotatable bonds is 8. The molecule has 0 aromatic heterocycles. The molecule has 1 atom stereocenters. The van der Waals surface area contributed by atoms with Gasteiger partial charge in [0.15, 0.2) is 23.3 Å². The number of hydrogen-bond donors (Lipinski definition) is 0. The molecule has 0 radical (unpaired) electrons. The van der Waals surface area contributed by atoms with Gasteiger partial charge < -0.3 is 4.79 Å².